The maximum absolute atomic E-state index is 5.97. The molecule has 1 rings (SSSR count). The lowest BCUT2D eigenvalue weighted by atomic mass is 10.1. The molecule has 0 spiro atoms. The fraction of sp³-hybridized carbons (Fsp3) is 0.500. The van der Waals surface area contributed by atoms with E-state index < -0.39 is 0 Å². The summed E-state index contributed by atoms with van der Waals surface area (Å²) < 4.78 is 0. The number of halogens is 1. The zero-order chi connectivity index (χ0) is 13.4. The molecule has 1 aromatic rings. The van der Waals surface area contributed by atoms with E-state index in [1.807, 2.05) is 18.2 Å². The summed E-state index contributed by atoms with van der Waals surface area (Å²) in [5.41, 5.74) is 2.69. The molecule has 0 aliphatic heterocycles. The molecule has 0 unspecified atom stereocenters. The van der Waals surface area contributed by atoms with Crippen molar-refractivity contribution < 1.29 is 0 Å². The van der Waals surface area contributed by atoms with Gasteiger partial charge in [0.05, 0.1) is 0 Å². The Kier molecular flexibility index (Phi) is 7.07. The Hall–Kier alpha value is -0.790. The van der Waals surface area contributed by atoms with Crippen LogP contribution in [0.3, 0.4) is 0 Å². The fourth-order valence-electron chi connectivity index (χ4n) is 1.85. The highest BCUT2D eigenvalue weighted by Gasteiger charge is 1.96. The van der Waals surface area contributed by atoms with Crippen molar-refractivity contribution >= 4 is 11.6 Å². The quantitative estimate of drug-likeness (QED) is 0.567. The highest BCUT2D eigenvalue weighted by molar-refractivity contribution is 6.30. The molecule has 2 heteroatoms. The van der Waals surface area contributed by atoms with Gasteiger partial charge >= 0.3 is 0 Å². The van der Waals surface area contributed by atoms with Gasteiger partial charge in [0.2, 0.25) is 0 Å². The molecule has 0 aromatic heterocycles. The summed E-state index contributed by atoms with van der Waals surface area (Å²) in [5.74, 6) is 0.724. The van der Waals surface area contributed by atoms with Gasteiger partial charge in [-0.3, -0.25) is 0 Å². The van der Waals surface area contributed by atoms with E-state index in [9.17, 15) is 0 Å². The zero-order valence-electron chi connectivity index (χ0n) is 11.7. The molecule has 1 nitrogen and oxygen atoms in total. The van der Waals surface area contributed by atoms with Crippen LogP contribution in [0.4, 0.5) is 0 Å². The Balaban J connectivity index is 2.29. The first-order valence-corrected chi connectivity index (χ1v) is 7.06. The Morgan fingerprint density at radius 1 is 1.39 bits per heavy atom. The molecule has 0 aliphatic carbocycles. The standard InChI is InChI=1S/C16H24ClN/c1-13(2)12-18-9-5-6-14(3)10-15-7-4-8-16(17)11-15/h4,6-8,11,13,18H,5,9-10,12H2,1-3H3. The van der Waals surface area contributed by atoms with Gasteiger partial charge in [-0.1, -0.05) is 49.2 Å². The van der Waals surface area contributed by atoms with Crippen molar-refractivity contribution in [2.24, 2.45) is 5.92 Å². The molecule has 0 radical (unpaired) electrons. The van der Waals surface area contributed by atoms with Crippen LogP contribution >= 0.6 is 11.6 Å². The molecule has 18 heavy (non-hydrogen) atoms. The van der Waals surface area contributed by atoms with Crippen molar-refractivity contribution in [3.8, 4) is 0 Å². The molecule has 0 bridgehead atoms. The third-order valence-corrected chi connectivity index (χ3v) is 2.97. The predicted octanol–water partition coefficient (Wildman–Crippen LogP) is 4.46. The van der Waals surface area contributed by atoms with Gasteiger partial charge in [-0.05, 0) is 56.5 Å². The molecule has 0 fully saturated rings. The van der Waals surface area contributed by atoms with Crippen LogP contribution < -0.4 is 5.32 Å². The average Bonchev–Trinajstić information content (AvgIpc) is 2.28. The maximum Gasteiger partial charge on any atom is 0.0408 e. The van der Waals surface area contributed by atoms with Gasteiger partial charge in [0.1, 0.15) is 0 Å². The topological polar surface area (TPSA) is 12.0 Å². The molecule has 0 heterocycles. The number of rotatable bonds is 7. The lowest BCUT2D eigenvalue weighted by molar-refractivity contribution is 0.556. The second kappa shape index (κ2) is 8.34. The van der Waals surface area contributed by atoms with Gasteiger partial charge in [-0.2, -0.15) is 0 Å². The third-order valence-electron chi connectivity index (χ3n) is 2.74. The third kappa shape index (κ3) is 6.83. The summed E-state index contributed by atoms with van der Waals surface area (Å²) in [6.07, 6.45) is 4.40. The van der Waals surface area contributed by atoms with Crippen molar-refractivity contribution in [3.63, 3.8) is 0 Å². The number of benzene rings is 1. The Morgan fingerprint density at radius 2 is 2.17 bits per heavy atom. The van der Waals surface area contributed by atoms with E-state index in [4.69, 9.17) is 11.6 Å². The minimum atomic E-state index is 0.724. The molecule has 0 amide bonds. The van der Waals surface area contributed by atoms with Gasteiger partial charge in [0.15, 0.2) is 0 Å². The highest BCUT2D eigenvalue weighted by Crippen LogP contribution is 2.14. The van der Waals surface area contributed by atoms with Crippen molar-refractivity contribution in [1.29, 1.82) is 0 Å². The molecular formula is C16H24ClN. The molecule has 100 valence electrons. The van der Waals surface area contributed by atoms with Crippen LogP contribution in [0.15, 0.2) is 35.9 Å². The van der Waals surface area contributed by atoms with Crippen molar-refractivity contribution in [2.75, 3.05) is 13.1 Å². The van der Waals surface area contributed by atoms with Gasteiger partial charge in [-0.15, -0.1) is 0 Å². The Bertz CT molecular complexity index is 382. The molecule has 0 saturated heterocycles. The van der Waals surface area contributed by atoms with E-state index in [2.05, 4.69) is 38.2 Å². The highest BCUT2D eigenvalue weighted by atomic mass is 35.5. The van der Waals surface area contributed by atoms with E-state index >= 15 is 0 Å². The van der Waals surface area contributed by atoms with Crippen molar-refractivity contribution in [2.45, 2.75) is 33.6 Å². The van der Waals surface area contributed by atoms with Crippen LogP contribution in [0.5, 0.6) is 0 Å². The lowest BCUT2D eigenvalue weighted by Gasteiger charge is -2.06. The molecular weight excluding hydrogens is 242 g/mol. The number of allylic oxidation sites excluding steroid dienone is 1. The minimum absolute atomic E-state index is 0.724. The minimum Gasteiger partial charge on any atom is -0.316 e. The molecule has 0 atom stereocenters. The maximum atomic E-state index is 5.97. The summed E-state index contributed by atoms with van der Waals surface area (Å²) in [7, 11) is 0. The number of hydrogen-bond donors (Lipinski definition) is 1. The van der Waals surface area contributed by atoms with E-state index in [0.29, 0.717) is 0 Å². The largest absolute Gasteiger partial charge is 0.316 e. The summed E-state index contributed by atoms with van der Waals surface area (Å²) >= 11 is 5.97. The summed E-state index contributed by atoms with van der Waals surface area (Å²) in [4.78, 5) is 0. The van der Waals surface area contributed by atoms with Crippen LogP contribution in [0, 0.1) is 5.92 Å². The van der Waals surface area contributed by atoms with Gasteiger partial charge in [0.25, 0.3) is 0 Å². The predicted molar refractivity (Wildman–Crippen MR) is 81.2 cm³/mol. The lowest BCUT2D eigenvalue weighted by Crippen LogP contribution is -2.20. The number of nitrogens with one attached hydrogen (secondary N) is 1. The van der Waals surface area contributed by atoms with Crippen LogP contribution in [-0.2, 0) is 6.42 Å². The van der Waals surface area contributed by atoms with Crippen molar-refractivity contribution in [3.05, 3.63) is 46.5 Å². The SMILES string of the molecule is CC(=CCCNCC(C)C)Cc1cccc(Cl)c1. The molecule has 0 saturated carbocycles. The molecule has 0 aliphatic rings. The first-order valence-electron chi connectivity index (χ1n) is 6.68. The normalized spacial score (nSPS) is 12.2. The van der Waals surface area contributed by atoms with E-state index in [1.54, 1.807) is 0 Å². The summed E-state index contributed by atoms with van der Waals surface area (Å²) in [5, 5.41) is 4.27. The van der Waals surface area contributed by atoms with Gasteiger partial charge < -0.3 is 5.32 Å². The van der Waals surface area contributed by atoms with Crippen molar-refractivity contribution in [1.82, 2.24) is 5.32 Å². The number of hydrogen-bond acceptors (Lipinski definition) is 1. The fourth-order valence-corrected chi connectivity index (χ4v) is 2.07. The molecule has 1 N–H and O–H groups in total. The second-order valence-corrected chi connectivity index (χ2v) is 5.68. The average molecular weight is 266 g/mol. The molecule has 1 aromatic carbocycles. The van der Waals surface area contributed by atoms with Crippen LogP contribution in [0.1, 0.15) is 32.8 Å². The van der Waals surface area contributed by atoms with Crippen LogP contribution in [0.2, 0.25) is 5.02 Å². The zero-order valence-corrected chi connectivity index (χ0v) is 12.4. The second-order valence-electron chi connectivity index (χ2n) is 5.24. The monoisotopic (exact) mass is 265 g/mol. The van der Waals surface area contributed by atoms with Gasteiger partial charge in [-0.25, -0.2) is 0 Å². The summed E-state index contributed by atoms with van der Waals surface area (Å²) in [6, 6.07) is 8.09. The first kappa shape index (κ1) is 15.3. The van der Waals surface area contributed by atoms with Crippen LogP contribution in [-0.4, -0.2) is 13.1 Å². The van der Waals surface area contributed by atoms with E-state index in [0.717, 1.165) is 36.9 Å². The van der Waals surface area contributed by atoms with E-state index in [1.165, 1.54) is 11.1 Å². The Morgan fingerprint density at radius 3 is 2.83 bits per heavy atom. The first-order chi connectivity index (χ1) is 8.58. The van der Waals surface area contributed by atoms with Crippen LogP contribution in [0.25, 0.3) is 0 Å². The smallest absolute Gasteiger partial charge is 0.0408 e. The van der Waals surface area contributed by atoms with Gasteiger partial charge in [0, 0.05) is 5.02 Å². The Labute approximate surface area is 116 Å². The van der Waals surface area contributed by atoms with E-state index in [-0.39, 0.29) is 0 Å². The summed E-state index contributed by atoms with van der Waals surface area (Å²) in [6.45, 7) is 8.80.